The lowest BCUT2D eigenvalue weighted by molar-refractivity contribution is -0.345. The average molecular weight is 711 g/mol. The van der Waals surface area contributed by atoms with Crippen molar-refractivity contribution in [3.05, 3.63) is 78.9 Å². The highest BCUT2D eigenvalue weighted by molar-refractivity contribution is 5.77. The normalized spacial score (nSPS) is 37.9. The number of aliphatic hydroxyl groups is 8. The Hall–Kier alpha value is -3.64. The van der Waals surface area contributed by atoms with Crippen LogP contribution in [0.3, 0.4) is 0 Å². The third kappa shape index (κ3) is 7.66. The molecule has 7 unspecified atom stereocenters. The van der Waals surface area contributed by atoms with Gasteiger partial charge in [-0.25, -0.2) is 4.79 Å². The van der Waals surface area contributed by atoms with E-state index in [1.54, 1.807) is 24.3 Å². The molecule has 0 amide bonds. The van der Waals surface area contributed by atoms with E-state index in [9.17, 15) is 55.2 Å². The van der Waals surface area contributed by atoms with Gasteiger partial charge in [0.25, 0.3) is 5.56 Å². The zero-order chi connectivity index (χ0) is 36.3. The van der Waals surface area contributed by atoms with Crippen LogP contribution in [0.5, 0.6) is 0 Å². The number of aldehydes is 1. The first kappa shape index (κ1) is 37.6. The molecule has 0 spiro atoms. The lowest BCUT2D eigenvalue weighted by Crippen LogP contribution is -2.66. The molecule has 274 valence electrons. The standard InChI is InChI=1S/C29H38N6O15/c30-34-33-18-22(43)20(41)15(10-37)48-28(18)50-27-17(31-8-11-3-1-2-4-12(11)9-36)21(42)19(40)14(47-27)7-13(38)25-23(44)24(45)26(49-25)35-6-5-16(39)32-29(35)46/h1-6,9,13-15,17-28,31,37-38,40-45H,7-8,10H2,(H,32,39,46)/t13-,14-,15?,17-,18?,19?,20-,21?,22?,23+,24-,25?,26-,27?,28-/m1/s1. The van der Waals surface area contributed by atoms with Gasteiger partial charge < -0.3 is 65.1 Å². The largest absolute Gasteiger partial charge is 0.394 e. The van der Waals surface area contributed by atoms with Crippen LogP contribution >= 0.6 is 0 Å². The number of H-pyrrole nitrogens is 1. The number of aromatic amines is 1. The summed E-state index contributed by atoms with van der Waals surface area (Å²) in [4.78, 5) is 40.0. The van der Waals surface area contributed by atoms with Crippen molar-refractivity contribution in [2.24, 2.45) is 5.11 Å². The Kier molecular flexibility index (Phi) is 12.1. The molecular weight excluding hydrogens is 672 g/mol. The van der Waals surface area contributed by atoms with E-state index in [0.717, 1.165) is 16.8 Å². The molecule has 5 rings (SSSR count). The maximum Gasteiger partial charge on any atom is 0.330 e. The molecule has 4 heterocycles. The average Bonchev–Trinajstić information content (AvgIpc) is 3.39. The number of nitrogens with zero attached hydrogens (tertiary/aromatic N) is 4. The molecule has 3 aliphatic heterocycles. The summed E-state index contributed by atoms with van der Waals surface area (Å²) in [6, 6.07) is 4.52. The number of aliphatic hydroxyl groups excluding tert-OH is 8. The number of aromatic nitrogens is 2. The van der Waals surface area contributed by atoms with Crippen molar-refractivity contribution in [1.29, 1.82) is 0 Å². The number of hydrogen-bond acceptors (Lipinski definition) is 17. The third-order valence-electron chi connectivity index (χ3n) is 8.97. The lowest BCUT2D eigenvalue weighted by atomic mass is 9.91. The fraction of sp³-hybridized carbons (Fsp3) is 0.621. The van der Waals surface area contributed by atoms with E-state index in [1.165, 1.54) is 0 Å². The number of rotatable bonds is 12. The predicted octanol–water partition coefficient (Wildman–Crippen LogP) is -4.54. The van der Waals surface area contributed by atoms with Crippen molar-refractivity contribution in [1.82, 2.24) is 14.9 Å². The first-order valence-corrected chi connectivity index (χ1v) is 15.5. The van der Waals surface area contributed by atoms with Crippen molar-refractivity contribution in [2.75, 3.05) is 6.61 Å². The Morgan fingerprint density at radius 2 is 1.66 bits per heavy atom. The maximum absolute atomic E-state index is 12.3. The first-order chi connectivity index (χ1) is 23.9. The molecule has 3 saturated heterocycles. The summed E-state index contributed by atoms with van der Waals surface area (Å²) in [6.45, 7) is -0.855. The lowest BCUT2D eigenvalue weighted by Gasteiger charge is -2.47. The molecule has 2 aromatic rings. The van der Waals surface area contributed by atoms with E-state index in [4.69, 9.17) is 24.5 Å². The van der Waals surface area contributed by atoms with Gasteiger partial charge in [0.1, 0.15) is 55.1 Å². The number of hydrogen-bond donors (Lipinski definition) is 10. The molecule has 0 radical (unpaired) electrons. The van der Waals surface area contributed by atoms with E-state index in [0.29, 0.717) is 17.4 Å². The molecule has 15 atom stereocenters. The second-order valence-corrected chi connectivity index (χ2v) is 12.1. The monoisotopic (exact) mass is 710 g/mol. The van der Waals surface area contributed by atoms with Crippen LogP contribution in [0, 0.1) is 0 Å². The molecule has 1 aromatic carbocycles. The highest BCUT2D eigenvalue weighted by atomic mass is 16.8. The second-order valence-electron chi connectivity index (χ2n) is 12.1. The van der Waals surface area contributed by atoms with Crippen molar-refractivity contribution in [3.8, 4) is 0 Å². The van der Waals surface area contributed by atoms with Crippen LogP contribution in [0.15, 0.2) is 51.2 Å². The Labute approximate surface area is 281 Å². The molecule has 50 heavy (non-hydrogen) atoms. The van der Waals surface area contributed by atoms with E-state index in [1.807, 2.05) is 4.98 Å². The van der Waals surface area contributed by atoms with Crippen LogP contribution < -0.4 is 16.6 Å². The van der Waals surface area contributed by atoms with E-state index in [-0.39, 0.29) is 6.54 Å². The zero-order valence-electron chi connectivity index (χ0n) is 26.0. The quantitative estimate of drug-likeness (QED) is 0.0429. The number of carbonyl (C=O) groups is 1. The fourth-order valence-corrected chi connectivity index (χ4v) is 6.23. The number of ether oxygens (including phenoxy) is 4. The molecule has 3 fully saturated rings. The van der Waals surface area contributed by atoms with Gasteiger partial charge >= 0.3 is 5.69 Å². The number of azide groups is 1. The third-order valence-corrected chi connectivity index (χ3v) is 8.97. The van der Waals surface area contributed by atoms with Crippen molar-refractivity contribution in [3.63, 3.8) is 0 Å². The van der Waals surface area contributed by atoms with Crippen LogP contribution in [0.2, 0.25) is 0 Å². The van der Waals surface area contributed by atoms with E-state index < -0.39 is 116 Å². The highest BCUT2D eigenvalue weighted by Gasteiger charge is 2.52. The van der Waals surface area contributed by atoms with Crippen molar-refractivity contribution >= 4 is 6.29 Å². The molecular formula is C29H38N6O15. The number of nitrogens with one attached hydrogen (secondary N) is 2. The van der Waals surface area contributed by atoms with Crippen LogP contribution in [-0.4, -0.2) is 149 Å². The maximum atomic E-state index is 12.3. The summed E-state index contributed by atoms with van der Waals surface area (Å²) in [7, 11) is 0. The van der Waals surface area contributed by atoms with Gasteiger partial charge in [0, 0.05) is 35.7 Å². The Morgan fingerprint density at radius 1 is 0.960 bits per heavy atom. The van der Waals surface area contributed by atoms with Crippen LogP contribution in [0.4, 0.5) is 0 Å². The second kappa shape index (κ2) is 16.1. The van der Waals surface area contributed by atoms with Gasteiger partial charge in [-0.1, -0.05) is 29.4 Å². The minimum absolute atomic E-state index is 0.0721. The Morgan fingerprint density at radius 3 is 2.34 bits per heavy atom. The minimum atomic E-state index is -1.78. The Bertz CT molecular complexity index is 1640. The summed E-state index contributed by atoms with van der Waals surface area (Å²) < 4.78 is 23.9. The van der Waals surface area contributed by atoms with Gasteiger partial charge in [-0.2, -0.15) is 0 Å². The van der Waals surface area contributed by atoms with Gasteiger partial charge in [-0.05, 0) is 11.1 Å². The van der Waals surface area contributed by atoms with Crippen LogP contribution in [-0.2, 0) is 25.5 Å². The minimum Gasteiger partial charge on any atom is -0.394 e. The molecule has 21 heteroatoms. The first-order valence-electron chi connectivity index (χ1n) is 15.5. The molecule has 0 bridgehead atoms. The SMILES string of the molecule is [N-]=[N+]=NC1C(O)[C@H](O)C(CO)O[C@@H]1OC1O[C@H](C[C@@H](O)C2O[C@@H](n3ccc(=O)[nH]c3=O)[C@H](O)[C@@H]2O)C(O)C(O)[C@H]1NCc1ccccc1C=O. The molecule has 1 aromatic heterocycles. The van der Waals surface area contributed by atoms with Crippen LogP contribution in [0.25, 0.3) is 10.4 Å². The fourth-order valence-electron chi connectivity index (χ4n) is 6.23. The van der Waals surface area contributed by atoms with E-state index >= 15 is 0 Å². The highest BCUT2D eigenvalue weighted by Crippen LogP contribution is 2.35. The zero-order valence-corrected chi connectivity index (χ0v) is 26.0. The van der Waals surface area contributed by atoms with Crippen molar-refractivity contribution < 1.29 is 64.6 Å². The van der Waals surface area contributed by atoms with Gasteiger partial charge in [0.05, 0.1) is 31.0 Å². The molecule has 21 nitrogen and oxygen atoms in total. The molecule has 0 saturated carbocycles. The summed E-state index contributed by atoms with van der Waals surface area (Å²) in [6.07, 6.45) is -20.5. The summed E-state index contributed by atoms with van der Waals surface area (Å²) in [5.41, 5.74) is 8.22. The molecule has 10 N–H and O–H groups in total. The van der Waals surface area contributed by atoms with Gasteiger partial charge in [0.15, 0.2) is 18.8 Å². The topological polar surface area (TPSA) is 331 Å². The molecule has 3 aliphatic rings. The van der Waals surface area contributed by atoms with Gasteiger partial charge in [-0.15, -0.1) is 0 Å². The smallest absolute Gasteiger partial charge is 0.330 e. The molecule has 0 aliphatic carbocycles. The van der Waals surface area contributed by atoms with Gasteiger partial charge in [0.2, 0.25) is 0 Å². The predicted molar refractivity (Wildman–Crippen MR) is 163 cm³/mol. The number of benzene rings is 1. The summed E-state index contributed by atoms with van der Waals surface area (Å²) in [5.74, 6) is 0. The van der Waals surface area contributed by atoms with Gasteiger partial charge in [-0.3, -0.25) is 19.1 Å². The van der Waals surface area contributed by atoms with Crippen LogP contribution in [0.1, 0.15) is 28.6 Å². The van der Waals surface area contributed by atoms with Crippen molar-refractivity contribution in [2.45, 2.75) is 105 Å². The Balaban J connectivity index is 1.39. The summed E-state index contributed by atoms with van der Waals surface area (Å²) in [5, 5.41) is 91.9. The van der Waals surface area contributed by atoms with E-state index in [2.05, 4.69) is 15.3 Å². The summed E-state index contributed by atoms with van der Waals surface area (Å²) >= 11 is 0. The number of carbonyl (C=O) groups excluding carboxylic acids is 1.